The number of Topliss-reactive ketones (excluding diaryl/α,β-unsaturated/α-hetero) is 1. The van der Waals surface area contributed by atoms with Gasteiger partial charge in [0.1, 0.15) is 17.3 Å². The van der Waals surface area contributed by atoms with Crippen molar-refractivity contribution in [2.75, 3.05) is 12.0 Å². The number of aliphatic hydroxyl groups is 1. The van der Waals surface area contributed by atoms with E-state index < -0.39 is 17.7 Å². The monoisotopic (exact) mass is 400 g/mol. The Labute approximate surface area is 174 Å². The van der Waals surface area contributed by atoms with E-state index >= 15 is 0 Å². The van der Waals surface area contributed by atoms with Gasteiger partial charge in [0.05, 0.1) is 18.7 Å². The molecule has 2 heterocycles. The molecule has 0 unspecified atom stereocenters. The maximum absolute atomic E-state index is 13.0. The molecule has 1 fully saturated rings. The van der Waals surface area contributed by atoms with Crippen molar-refractivity contribution in [2.45, 2.75) is 13.0 Å². The van der Waals surface area contributed by atoms with Crippen LogP contribution in [-0.2, 0) is 9.59 Å². The topological polar surface area (TPSA) is 79.7 Å². The lowest BCUT2D eigenvalue weighted by atomic mass is 9.94. The van der Waals surface area contributed by atoms with Crippen LogP contribution in [0.1, 0.15) is 22.7 Å². The molecule has 30 heavy (non-hydrogen) atoms. The Morgan fingerprint density at radius 1 is 1.00 bits per heavy atom. The smallest absolute Gasteiger partial charge is 0.301 e. The van der Waals surface area contributed by atoms with Crippen molar-refractivity contribution in [3.05, 3.63) is 95.2 Å². The van der Waals surface area contributed by atoms with E-state index in [1.54, 1.807) is 55.8 Å². The fraction of sp³-hybridized carbons (Fsp3) is 0.125. The third kappa shape index (κ3) is 3.33. The second-order valence-electron chi connectivity index (χ2n) is 7.00. The number of anilines is 1. The molecule has 0 aliphatic carbocycles. The number of benzene rings is 2. The first kappa shape index (κ1) is 19.4. The van der Waals surface area contributed by atoms with E-state index in [0.29, 0.717) is 22.7 Å². The summed E-state index contributed by atoms with van der Waals surface area (Å²) in [4.78, 5) is 31.6. The van der Waals surface area contributed by atoms with Gasteiger partial charge >= 0.3 is 5.91 Å². The lowest BCUT2D eigenvalue weighted by Gasteiger charge is -2.24. The molecule has 1 aliphatic rings. The fourth-order valence-corrected chi connectivity index (χ4v) is 3.53. The van der Waals surface area contributed by atoms with E-state index in [2.05, 4.69) is 4.98 Å². The van der Waals surface area contributed by atoms with E-state index in [9.17, 15) is 14.7 Å². The average Bonchev–Trinajstić information content (AvgIpc) is 3.05. The number of nitrogens with zero attached hydrogens (tertiary/aromatic N) is 2. The molecule has 1 saturated heterocycles. The zero-order chi connectivity index (χ0) is 21.3. The Kier molecular flexibility index (Phi) is 5.06. The SMILES string of the molecule is COc1ccc(C(O)=C2C(=O)C(=O)N(c3ccccn3)[C@H]2c2ccc(C)cc2)cc1. The highest BCUT2D eigenvalue weighted by Gasteiger charge is 2.47. The summed E-state index contributed by atoms with van der Waals surface area (Å²) in [5.41, 5.74) is 2.20. The van der Waals surface area contributed by atoms with Gasteiger partial charge in [0.25, 0.3) is 5.78 Å². The van der Waals surface area contributed by atoms with Crippen molar-refractivity contribution in [1.82, 2.24) is 4.98 Å². The number of hydrogen-bond donors (Lipinski definition) is 1. The van der Waals surface area contributed by atoms with Gasteiger partial charge in [0.15, 0.2) is 0 Å². The zero-order valence-electron chi connectivity index (χ0n) is 16.6. The Morgan fingerprint density at radius 3 is 2.30 bits per heavy atom. The predicted molar refractivity (Wildman–Crippen MR) is 113 cm³/mol. The van der Waals surface area contributed by atoms with Crippen LogP contribution < -0.4 is 9.64 Å². The molecule has 1 atom stereocenters. The van der Waals surface area contributed by atoms with Crippen LogP contribution in [-0.4, -0.2) is 28.9 Å². The number of methoxy groups -OCH3 is 1. The molecule has 6 heteroatoms. The standard InChI is InChI=1S/C24H20N2O4/c1-15-6-8-16(9-7-15)21-20(22(27)17-10-12-18(30-2)13-11-17)23(28)24(29)26(21)19-5-3-4-14-25-19/h3-14,21,27H,1-2H3/t21-/m0/s1. The van der Waals surface area contributed by atoms with Crippen LogP contribution in [0.4, 0.5) is 5.82 Å². The van der Waals surface area contributed by atoms with E-state index in [1.807, 2.05) is 31.2 Å². The second kappa shape index (κ2) is 7.83. The second-order valence-corrected chi connectivity index (χ2v) is 7.00. The third-order valence-corrected chi connectivity index (χ3v) is 5.10. The minimum atomic E-state index is -0.789. The van der Waals surface area contributed by atoms with Crippen LogP contribution in [0.25, 0.3) is 5.76 Å². The summed E-state index contributed by atoms with van der Waals surface area (Å²) < 4.78 is 5.15. The number of aryl methyl sites for hydroxylation is 1. The highest BCUT2D eigenvalue weighted by molar-refractivity contribution is 6.51. The number of aliphatic hydroxyl groups excluding tert-OH is 1. The normalized spacial score (nSPS) is 17.9. The van der Waals surface area contributed by atoms with Crippen LogP contribution in [0.15, 0.2) is 78.5 Å². The van der Waals surface area contributed by atoms with Crippen LogP contribution >= 0.6 is 0 Å². The summed E-state index contributed by atoms with van der Waals surface area (Å²) in [5.74, 6) is -0.747. The molecular weight excluding hydrogens is 380 g/mol. The third-order valence-electron chi connectivity index (χ3n) is 5.10. The first-order valence-electron chi connectivity index (χ1n) is 9.44. The minimum absolute atomic E-state index is 0.0275. The van der Waals surface area contributed by atoms with Gasteiger partial charge in [-0.3, -0.25) is 14.5 Å². The van der Waals surface area contributed by atoms with E-state index in [0.717, 1.165) is 5.56 Å². The highest BCUT2D eigenvalue weighted by Crippen LogP contribution is 2.41. The number of carbonyl (C=O) groups excluding carboxylic acids is 2. The summed E-state index contributed by atoms with van der Waals surface area (Å²) in [6.45, 7) is 1.96. The van der Waals surface area contributed by atoms with Crippen molar-refractivity contribution in [1.29, 1.82) is 0 Å². The summed E-state index contributed by atoms with van der Waals surface area (Å²) in [6.07, 6.45) is 1.56. The Balaban J connectivity index is 1.91. The molecule has 3 aromatic rings. The number of rotatable bonds is 4. The fourth-order valence-electron chi connectivity index (χ4n) is 3.53. The molecular formula is C24H20N2O4. The quantitative estimate of drug-likeness (QED) is 0.406. The molecule has 0 saturated carbocycles. The van der Waals surface area contributed by atoms with Gasteiger partial charge in [0, 0.05) is 11.8 Å². The number of carbonyl (C=O) groups is 2. The summed E-state index contributed by atoms with van der Waals surface area (Å²) in [6, 6.07) is 18.5. The van der Waals surface area contributed by atoms with Gasteiger partial charge in [-0.2, -0.15) is 0 Å². The minimum Gasteiger partial charge on any atom is -0.507 e. The highest BCUT2D eigenvalue weighted by atomic mass is 16.5. The van der Waals surface area contributed by atoms with Gasteiger partial charge in [-0.05, 0) is 48.9 Å². The van der Waals surface area contributed by atoms with Crippen LogP contribution in [0.5, 0.6) is 5.75 Å². The summed E-state index contributed by atoms with van der Waals surface area (Å²) in [5, 5.41) is 11.0. The van der Waals surface area contributed by atoms with Crippen molar-refractivity contribution in [3.8, 4) is 5.75 Å². The van der Waals surface area contributed by atoms with Gasteiger partial charge in [-0.1, -0.05) is 35.9 Å². The van der Waals surface area contributed by atoms with Gasteiger partial charge in [-0.15, -0.1) is 0 Å². The van der Waals surface area contributed by atoms with E-state index in [4.69, 9.17) is 4.74 Å². The Hall–Kier alpha value is -3.93. The van der Waals surface area contributed by atoms with Crippen molar-refractivity contribution >= 4 is 23.3 Å². The molecule has 0 bridgehead atoms. The van der Waals surface area contributed by atoms with Gasteiger partial charge < -0.3 is 9.84 Å². The van der Waals surface area contributed by atoms with Crippen molar-refractivity contribution < 1.29 is 19.4 Å². The average molecular weight is 400 g/mol. The summed E-state index contributed by atoms with van der Waals surface area (Å²) >= 11 is 0. The lowest BCUT2D eigenvalue weighted by Crippen LogP contribution is -2.30. The van der Waals surface area contributed by atoms with Crippen molar-refractivity contribution in [2.24, 2.45) is 0 Å². The number of amides is 1. The number of hydrogen-bond acceptors (Lipinski definition) is 5. The number of aromatic nitrogens is 1. The van der Waals surface area contributed by atoms with E-state index in [1.165, 1.54) is 4.90 Å². The Morgan fingerprint density at radius 2 is 1.70 bits per heavy atom. The number of pyridine rings is 1. The predicted octanol–water partition coefficient (Wildman–Crippen LogP) is 4.02. The molecule has 1 aromatic heterocycles. The molecule has 0 radical (unpaired) electrons. The molecule has 4 rings (SSSR count). The number of ether oxygens (including phenoxy) is 1. The molecule has 6 nitrogen and oxygen atoms in total. The lowest BCUT2D eigenvalue weighted by molar-refractivity contribution is -0.132. The first-order valence-corrected chi connectivity index (χ1v) is 9.44. The maximum Gasteiger partial charge on any atom is 0.301 e. The molecule has 150 valence electrons. The zero-order valence-corrected chi connectivity index (χ0v) is 16.6. The molecule has 1 N–H and O–H groups in total. The number of ketones is 1. The van der Waals surface area contributed by atoms with Gasteiger partial charge in [0.2, 0.25) is 0 Å². The largest absolute Gasteiger partial charge is 0.507 e. The van der Waals surface area contributed by atoms with Gasteiger partial charge in [-0.25, -0.2) is 4.98 Å². The summed E-state index contributed by atoms with van der Waals surface area (Å²) in [7, 11) is 1.55. The first-order chi connectivity index (χ1) is 14.5. The van der Waals surface area contributed by atoms with Crippen LogP contribution in [0.3, 0.4) is 0 Å². The molecule has 1 amide bonds. The molecule has 0 spiro atoms. The van der Waals surface area contributed by atoms with E-state index in [-0.39, 0.29) is 11.3 Å². The van der Waals surface area contributed by atoms with Crippen LogP contribution in [0.2, 0.25) is 0 Å². The van der Waals surface area contributed by atoms with Crippen molar-refractivity contribution in [3.63, 3.8) is 0 Å². The van der Waals surface area contributed by atoms with Crippen LogP contribution in [0, 0.1) is 6.92 Å². The maximum atomic E-state index is 13.0. The molecule has 2 aromatic carbocycles. The molecule has 1 aliphatic heterocycles. The Bertz CT molecular complexity index is 1120.